The lowest BCUT2D eigenvalue weighted by molar-refractivity contribution is -0.151. The first-order chi connectivity index (χ1) is 18.0. The molecule has 4 aromatic carbocycles. The number of amides is 2. The van der Waals surface area contributed by atoms with Crippen molar-refractivity contribution in [3.8, 4) is 11.5 Å². The molecule has 0 saturated carbocycles. The number of anilines is 2. The van der Waals surface area contributed by atoms with E-state index >= 15 is 0 Å². The predicted molar refractivity (Wildman–Crippen MR) is 145 cm³/mol. The van der Waals surface area contributed by atoms with E-state index in [4.69, 9.17) is 9.47 Å². The van der Waals surface area contributed by atoms with E-state index in [-0.39, 0.29) is 18.9 Å². The van der Waals surface area contributed by atoms with Gasteiger partial charge in [0.15, 0.2) is 6.61 Å². The number of benzene rings is 4. The molecule has 0 radical (unpaired) electrons. The molecule has 0 aromatic heterocycles. The van der Waals surface area contributed by atoms with Crippen molar-refractivity contribution in [3.05, 3.63) is 95.5 Å². The van der Waals surface area contributed by atoms with E-state index in [1.165, 1.54) is 0 Å². The van der Waals surface area contributed by atoms with Crippen LogP contribution < -0.4 is 15.0 Å². The Morgan fingerprint density at radius 3 is 2.43 bits per heavy atom. The predicted octanol–water partition coefficient (Wildman–Crippen LogP) is 5.93. The highest BCUT2D eigenvalue weighted by Crippen LogP contribution is 2.32. The fourth-order valence-corrected chi connectivity index (χ4v) is 4.47. The fourth-order valence-electron chi connectivity index (χ4n) is 4.21. The van der Waals surface area contributed by atoms with E-state index in [1.54, 1.807) is 53.4 Å². The minimum Gasteiger partial charge on any atom is -0.457 e. The summed E-state index contributed by atoms with van der Waals surface area (Å²) < 4.78 is 12.1. The number of nitrogens with zero attached hydrogens (tertiary/aromatic N) is 1. The van der Waals surface area contributed by atoms with Gasteiger partial charge in [-0.3, -0.25) is 14.4 Å². The minimum atomic E-state index is -0.639. The van der Waals surface area contributed by atoms with Crippen LogP contribution in [0.3, 0.4) is 0 Å². The van der Waals surface area contributed by atoms with Crippen molar-refractivity contribution in [1.82, 2.24) is 0 Å². The molecule has 2 amide bonds. The fraction of sp³-hybridized carbons (Fsp3) is 0.138. The molecule has 0 aliphatic carbocycles. The molecule has 8 heteroatoms. The lowest BCUT2D eigenvalue weighted by Gasteiger charge is -2.17. The van der Waals surface area contributed by atoms with Gasteiger partial charge in [0, 0.05) is 34.2 Å². The number of hydrogen-bond acceptors (Lipinski definition) is 5. The van der Waals surface area contributed by atoms with Crippen molar-refractivity contribution < 1.29 is 23.9 Å². The van der Waals surface area contributed by atoms with E-state index in [1.807, 2.05) is 42.5 Å². The Hall–Kier alpha value is -4.17. The zero-order valence-electron chi connectivity index (χ0n) is 19.7. The smallest absolute Gasteiger partial charge is 0.311 e. The summed E-state index contributed by atoms with van der Waals surface area (Å²) in [5.74, 6) is -0.450. The van der Waals surface area contributed by atoms with Gasteiger partial charge >= 0.3 is 5.97 Å². The van der Waals surface area contributed by atoms with Gasteiger partial charge in [-0.05, 0) is 60.0 Å². The number of nitrogens with one attached hydrogen (secondary N) is 1. The Morgan fingerprint density at radius 1 is 0.919 bits per heavy atom. The molecule has 5 rings (SSSR count). The van der Waals surface area contributed by atoms with Crippen LogP contribution in [0.4, 0.5) is 11.4 Å². The topological polar surface area (TPSA) is 84.9 Å². The van der Waals surface area contributed by atoms with Gasteiger partial charge in [-0.15, -0.1) is 0 Å². The van der Waals surface area contributed by atoms with Crippen molar-refractivity contribution in [2.75, 3.05) is 23.4 Å². The first kappa shape index (κ1) is 24.5. The molecule has 1 aliphatic heterocycles. The maximum absolute atomic E-state index is 12.6. The van der Waals surface area contributed by atoms with Crippen LogP contribution >= 0.6 is 15.9 Å². The van der Waals surface area contributed by atoms with Gasteiger partial charge in [0.25, 0.3) is 5.91 Å². The summed E-state index contributed by atoms with van der Waals surface area (Å²) in [5, 5.41) is 4.76. The van der Waals surface area contributed by atoms with E-state index in [0.29, 0.717) is 17.1 Å². The summed E-state index contributed by atoms with van der Waals surface area (Å²) in [6, 6.07) is 28.1. The second-order valence-electron chi connectivity index (χ2n) is 8.64. The molecule has 1 fully saturated rings. The number of hydrogen-bond donors (Lipinski definition) is 1. The summed E-state index contributed by atoms with van der Waals surface area (Å²) >= 11 is 3.33. The molecule has 1 saturated heterocycles. The largest absolute Gasteiger partial charge is 0.457 e. The number of rotatable bonds is 7. The Bertz CT molecular complexity index is 1450. The van der Waals surface area contributed by atoms with Crippen LogP contribution in [0.5, 0.6) is 11.5 Å². The minimum absolute atomic E-state index is 0.0292. The third-order valence-corrected chi connectivity index (χ3v) is 6.59. The Kier molecular flexibility index (Phi) is 7.18. The molecule has 186 valence electrons. The molecule has 0 unspecified atom stereocenters. The average molecular weight is 559 g/mol. The number of ether oxygens (including phenoxy) is 2. The summed E-state index contributed by atoms with van der Waals surface area (Å²) in [7, 11) is 0. The first-order valence-corrected chi connectivity index (χ1v) is 12.5. The molecule has 1 N–H and O–H groups in total. The highest BCUT2D eigenvalue weighted by atomic mass is 79.9. The van der Waals surface area contributed by atoms with Gasteiger partial charge in [0.1, 0.15) is 11.5 Å². The maximum atomic E-state index is 12.6. The number of carbonyl (C=O) groups excluding carboxylic acids is 3. The van der Waals surface area contributed by atoms with Crippen LogP contribution in [0, 0.1) is 5.92 Å². The molecular formula is C29H23BrN2O5. The Labute approximate surface area is 222 Å². The number of esters is 1. The molecule has 1 atom stereocenters. The standard InChI is InChI=1S/C29H23BrN2O5/c30-21-8-10-22(11-9-21)31-27(33)18-36-29(35)20-16-28(34)32(17-20)23-12-14-24(15-13-23)37-26-7-3-5-19-4-1-2-6-25(19)26/h1-15,20H,16-18H2,(H,31,33)/t20-/m1/s1. The summed E-state index contributed by atoms with van der Waals surface area (Å²) in [6.45, 7) is -0.227. The van der Waals surface area contributed by atoms with E-state index < -0.39 is 24.4 Å². The van der Waals surface area contributed by atoms with Crippen molar-refractivity contribution in [1.29, 1.82) is 0 Å². The third-order valence-electron chi connectivity index (χ3n) is 6.06. The maximum Gasteiger partial charge on any atom is 0.311 e. The monoisotopic (exact) mass is 558 g/mol. The van der Waals surface area contributed by atoms with Gasteiger partial charge in [-0.25, -0.2) is 0 Å². The van der Waals surface area contributed by atoms with Crippen LogP contribution in [-0.4, -0.2) is 30.9 Å². The van der Waals surface area contributed by atoms with Gasteiger partial charge in [0.05, 0.1) is 5.92 Å². The number of carbonyl (C=O) groups is 3. The van der Waals surface area contributed by atoms with Gasteiger partial charge in [-0.2, -0.15) is 0 Å². The first-order valence-electron chi connectivity index (χ1n) is 11.7. The molecule has 4 aromatic rings. The SMILES string of the molecule is O=C(COC(=O)[C@@H]1CC(=O)N(c2ccc(Oc3cccc4ccccc34)cc2)C1)Nc1ccc(Br)cc1. The highest BCUT2D eigenvalue weighted by molar-refractivity contribution is 9.10. The number of fused-ring (bicyclic) bond motifs is 1. The summed E-state index contributed by atoms with van der Waals surface area (Å²) in [6.07, 6.45) is 0.0292. The lowest BCUT2D eigenvalue weighted by atomic mass is 10.1. The molecule has 0 bridgehead atoms. The molecule has 37 heavy (non-hydrogen) atoms. The van der Waals surface area contributed by atoms with Crippen molar-refractivity contribution in [2.45, 2.75) is 6.42 Å². The average Bonchev–Trinajstić information content (AvgIpc) is 3.31. The van der Waals surface area contributed by atoms with Crippen LogP contribution in [0.2, 0.25) is 0 Å². The summed E-state index contributed by atoms with van der Waals surface area (Å²) in [4.78, 5) is 38.8. The lowest BCUT2D eigenvalue weighted by Crippen LogP contribution is -2.28. The molecule has 7 nitrogen and oxygen atoms in total. The van der Waals surface area contributed by atoms with E-state index in [0.717, 1.165) is 21.0 Å². The van der Waals surface area contributed by atoms with Crippen LogP contribution in [0.1, 0.15) is 6.42 Å². The van der Waals surface area contributed by atoms with Gasteiger partial charge in [0.2, 0.25) is 5.91 Å². The summed E-state index contributed by atoms with van der Waals surface area (Å²) in [5.41, 5.74) is 1.26. The van der Waals surface area contributed by atoms with Gasteiger partial charge in [-0.1, -0.05) is 52.3 Å². The van der Waals surface area contributed by atoms with E-state index in [9.17, 15) is 14.4 Å². The highest BCUT2D eigenvalue weighted by Gasteiger charge is 2.36. The Morgan fingerprint density at radius 2 is 1.65 bits per heavy atom. The quantitative estimate of drug-likeness (QED) is 0.284. The zero-order valence-corrected chi connectivity index (χ0v) is 21.3. The molecule has 1 aliphatic rings. The zero-order chi connectivity index (χ0) is 25.8. The Balaban J connectivity index is 1.16. The molecule has 1 heterocycles. The van der Waals surface area contributed by atoms with Crippen molar-refractivity contribution >= 4 is 55.9 Å². The molecule has 0 spiro atoms. The van der Waals surface area contributed by atoms with Crippen LogP contribution in [-0.2, 0) is 19.1 Å². The number of halogens is 1. The van der Waals surface area contributed by atoms with Crippen LogP contribution in [0.15, 0.2) is 95.5 Å². The third kappa shape index (κ3) is 5.81. The van der Waals surface area contributed by atoms with Crippen molar-refractivity contribution in [3.63, 3.8) is 0 Å². The van der Waals surface area contributed by atoms with E-state index in [2.05, 4.69) is 21.2 Å². The van der Waals surface area contributed by atoms with Crippen LogP contribution in [0.25, 0.3) is 10.8 Å². The second kappa shape index (κ2) is 10.8. The van der Waals surface area contributed by atoms with Crippen molar-refractivity contribution in [2.24, 2.45) is 5.92 Å². The molecular weight excluding hydrogens is 536 g/mol. The normalized spacial score (nSPS) is 15.0. The van der Waals surface area contributed by atoms with Gasteiger partial charge < -0.3 is 19.7 Å². The second-order valence-corrected chi connectivity index (χ2v) is 9.56.